The molecule has 0 radical (unpaired) electrons. The van der Waals surface area contributed by atoms with Gasteiger partial charge in [-0.2, -0.15) is 0 Å². The van der Waals surface area contributed by atoms with Crippen molar-refractivity contribution >= 4 is 7.82 Å². The van der Waals surface area contributed by atoms with E-state index in [2.05, 4.69) is 0 Å². The summed E-state index contributed by atoms with van der Waals surface area (Å²) in [5.41, 5.74) is 0. The first kappa shape index (κ1) is 17.0. The molecular formula is C18H15O6P. The molecule has 0 bridgehead atoms. The zero-order chi connectivity index (χ0) is 17.4. The van der Waals surface area contributed by atoms with Crippen LogP contribution in [-0.4, -0.2) is 0 Å². The minimum atomic E-state index is -4.22. The van der Waals surface area contributed by atoms with Crippen LogP contribution in [0.1, 0.15) is 0 Å². The van der Waals surface area contributed by atoms with Crippen molar-refractivity contribution in [1.82, 2.24) is 0 Å². The van der Waals surface area contributed by atoms with Gasteiger partial charge in [-0.1, -0.05) is 63.9 Å². The minimum absolute atomic E-state index is 0.277. The van der Waals surface area contributed by atoms with Gasteiger partial charge in [0.1, 0.15) is 5.75 Å². The third-order valence-corrected chi connectivity index (χ3v) is 3.85. The maximum Gasteiger partial charge on any atom is 0.604 e. The van der Waals surface area contributed by atoms with Crippen molar-refractivity contribution in [2.45, 2.75) is 0 Å². The highest BCUT2D eigenvalue weighted by Crippen LogP contribution is 2.50. The Morgan fingerprint density at radius 3 is 1.28 bits per heavy atom. The second-order valence-corrected chi connectivity index (χ2v) is 6.17. The fourth-order valence-corrected chi connectivity index (χ4v) is 2.60. The van der Waals surface area contributed by atoms with Crippen LogP contribution in [0.15, 0.2) is 91.0 Å². The summed E-state index contributed by atoms with van der Waals surface area (Å²) in [6.45, 7) is 0. The van der Waals surface area contributed by atoms with Crippen LogP contribution in [0, 0.1) is 0 Å². The molecule has 25 heavy (non-hydrogen) atoms. The third-order valence-electron chi connectivity index (χ3n) is 2.90. The lowest BCUT2D eigenvalue weighted by molar-refractivity contribution is -0.185. The van der Waals surface area contributed by atoms with Crippen molar-refractivity contribution in [1.29, 1.82) is 0 Å². The van der Waals surface area contributed by atoms with E-state index in [4.69, 9.17) is 23.6 Å². The molecule has 3 aromatic rings. The summed E-state index contributed by atoms with van der Waals surface area (Å²) < 4.78 is 28.0. The maximum atomic E-state index is 12.8. The third kappa shape index (κ3) is 5.36. The van der Waals surface area contributed by atoms with E-state index < -0.39 is 7.82 Å². The summed E-state index contributed by atoms with van der Waals surface area (Å²) in [5, 5.41) is 0. The molecule has 0 saturated carbocycles. The van der Waals surface area contributed by atoms with Gasteiger partial charge in [-0.05, 0) is 36.4 Å². The molecule has 128 valence electrons. The number of benzene rings is 3. The second-order valence-electron chi connectivity index (χ2n) is 4.79. The van der Waals surface area contributed by atoms with E-state index in [9.17, 15) is 4.57 Å². The standard InChI is InChI=1S/C18H15O6P/c19-25(22-18-14-8-3-9-15-18,23-20-16-10-4-1-5-11-16)24-21-17-12-6-2-7-13-17/h1-15H. The second kappa shape index (κ2) is 8.35. The molecule has 0 heterocycles. The predicted octanol–water partition coefficient (Wildman–Crippen LogP) is 5.19. The minimum Gasteiger partial charge on any atom is -0.400 e. The van der Waals surface area contributed by atoms with Gasteiger partial charge in [0.05, 0.1) is 0 Å². The molecule has 3 aromatic carbocycles. The van der Waals surface area contributed by atoms with Crippen LogP contribution in [-0.2, 0) is 13.9 Å². The van der Waals surface area contributed by atoms with Crippen LogP contribution in [0.4, 0.5) is 0 Å². The van der Waals surface area contributed by atoms with Crippen LogP contribution < -0.4 is 14.3 Å². The molecule has 0 aromatic heterocycles. The summed E-state index contributed by atoms with van der Waals surface area (Å²) in [6.07, 6.45) is 0. The van der Waals surface area contributed by atoms with E-state index in [1.807, 2.05) is 12.1 Å². The van der Waals surface area contributed by atoms with Crippen LogP contribution in [0.3, 0.4) is 0 Å². The Hall–Kier alpha value is -2.79. The first-order valence-corrected chi connectivity index (χ1v) is 8.87. The van der Waals surface area contributed by atoms with Crippen molar-refractivity contribution in [3.8, 4) is 17.2 Å². The van der Waals surface area contributed by atoms with Crippen molar-refractivity contribution in [2.24, 2.45) is 0 Å². The average Bonchev–Trinajstić information content (AvgIpc) is 2.68. The molecule has 0 unspecified atom stereocenters. The Kier molecular flexibility index (Phi) is 5.69. The first-order chi connectivity index (χ1) is 12.2. The van der Waals surface area contributed by atoms with E-state index in [-0.39, 0.29) is 5.75 Å². The molecule has 3 rings (SSSR count). The molecule has 0 saturated heterocycles. The summed E-state index contributed by atoms with van der Waals surface area (Å²) in [7, 11) is -4.22. The highest BCUT2D eigenvalue weighted by molar-refractivity contribution is 7.48. The highest BCUT2D eigenvalue weighted by atomic mass is 31.2. The monoisotopic (exact) mass is 358 g/mol. The fourth-order valence-electron chi connectivity index (χ4n) is 1.78. The van der Waals surface area contributed by atoms with Crippen LogP contribution in [0.25, 0.3) is 0 Å². The van der Waals surface area contributed by atoms with Gasteiger partial charge in [-0.15, -0.1) is 0 Å². The van der Waals surface area contributed by atoms with Gasteiger partial charge in [0, 0.05) is 0 Å². The van der Waals surface area contributed by atoms with Gasteiger partial charge in [-0.3, -0.25) is 0 Å². The maximum absolute atomic E-state index is 12.8. The summed E-state index contributed by atoms with van der Waals surface area (Å²) >= 11 is 0. The lowest BCUT2D eigenvalue weighted by Gasteiger charge is -2.16. The van der Waals surface area contributed by atoms with E-state index in [0.717, 1.165) is 0 Å². The lowest BCUT2D eigenvalue weighted by atomic mass is 10.3. The molecule has 0 amide bonds. The van der Waals surface area contributed by atoms with Crippen LogP contribution >= 0.6 is 7.82 Å². The molecule has 6 nitrogen and oxygen atoms in total. The molecule has 0 aliphatic rings. The Morgan fingerprint density at radius 2 is 0.880 bits per heavy atom. The zero-order valence-electron chi connectivity index (χ0n) is 13.1. The predicted molar refractivity (Wildman–Crippen MR) is 91.0 cm³/mol. The van der Waals surface area contributed by atoms with Gasteiger partial charge in [0.2, 0.25) is 0 Å². The van der Waals surface area contributed by atoms with E-state index in [1.165, 1.54) is 0 Å². The SMILES string of the molecule is O=P(OOc1ccccc1)(OOc1ccccc1)Oc1ccccc1. The molecule has 0 N–H and O–H groups in total. The number of phosphoric acid groups is 1. The molecule has 0 fully saturated rings. The number of para-hydroxylation sites is 3. The smallest absolute Gasteiger partial charge is 0.400 e. The Morgan fingerprint density at radius 1 is 0.520 bits per heavy atom. The fraction of sp³-hybridized carbons (Fsp3) is 0. The van der Waals surface area contributed by atoms with E-state index >= 15 is 0 Å². The highest BCUT2D eigenvalue weighted by Gasteiger charge is 2.34. The molecule has 7 heteroatoms. The zero-order valence-corrected chi connectivity index (χ0v) is 14.0. The molecule has 0 atom stereocenters. The Labute approximate surface area is 145 Å². The molecule has 0 spiro atoms. The Bertz CT molecular complexity index is 763. The van der Waals surface area contributed by atoms with Crippen molar-refractivity contribution in [2.75, 3.05) is 0 Å². The van der Waals surface area contributed by atoms with Gasteiger partial charge in [0.15, 0.2) is 11.5 Å². The van der Waals surface area contributed by atoms with E-state index in [0.29, 0.717) is 11.5 Å². The van der Waals surface area contributed by atoms with E-state index in [1.54, 1.807) is 78.9 Å². The number of rotatable bonds is 8. The topological polar surface area (TPSA) is 63.2 Å². The summed E-state index contributed by atoms with van der Waals surface area (Å²) in [5.74, 6) is 0.949. The normalized spacial score (nSPS) is 10.9. The van der Waals surface area contributed by atoms with Crippen molar-refractivity contribution in [3.05, 3.63) is 91.0 Å². The molecule has 0 aliphatic carbocycles. The number of hydrogen-bond donors (Lipinski definition) is 0. The first-order valence-electron chi connectivity index (χ1n) is 7.41. The molecule has 0 aliphatic heterocycles. The lowest BCUT2D eigenvalue weighted by Crippen LogP contribution is -2.07. The van der Waals surface area contributed by atoms with Crippen molar-refractivity contribution < 1.29 is 28.2 Å². The van der Waals surface area contributed by atoms with Gasteiger partial charge >= 0.3 is 7.82 Å². The van der Waals surface area contributed by atoms with Gasteiger partial charge in [0.25, 0.3) is 0 Å². The van der Waals surface area contributed by atoms with Crippen LogP contribution in [0.5, 0.6) is 17.2 Å². The quantitative estimate of drug-likeness (QED) is 0.313. The van der Waals surface area contributed by atoms with Gasteiger partial charge in [-0.25, -0.2) is 4.57 Å². The molecular weight excluding hydrogens is 343 g/mol. The average molecular weight is 358 g/mol. The van der Waals surface area contributed by atoms with Crippen LogP contribution in [0.2, 0.25) is 0 Å². The van der Waals surface area contributed by atoms with Gasteiger partial charge < -0.3 is 14.3 Å². The summed E-state index contributed by atoms with van der Waals surface area (Å²) in [6, 6.07) is 25.5. The Balaban J connectivity index is 1.71. The van der Waals surface area contributed by atoms with Crippen molar-refractivity contribution in [3.63, 3.8) is 0 Å². The number of hydrogen-bond acceptors (Lipinski definition) is 6. The summed E-state index contributed by atoms with van der Waals surface area (Å²) in [4.78, 5) is 10.1. The largest absolute Gasteiger partial charge is 0.604 e.